The zero-order valence-corrected chi connectivity index (χ0v) is 20.3. The lowest BCUT2D eigenvalue weighted by molar-refractivity contribution is -0.373. The fraction of sp³-hybridized carbons (Fsp3) is 0.571. The second-order valence-electron chi connectivity index (χ2n) is 9.32. The highest BCUT2D eigenvalue weighted by atomic mass is 16.8. The van der Waals surface area contributed by atoms with Gasteiger partial charge in [-0.3, -0.25) is 0 Å². The molecule has 0 radical (unpaired) electrons. The molecule has 0 saturated carbocycles. The maximum Gasteiger partial charge on any atom is 0.184 e. The molecule has 2 aliphatic rings. The van der Waals surface area contributed by atoms with E-state index >= 15 is 0 Å². The summed E-state index contributed by atoms with van der Waals surface area (Å²) in [5.74, 6) is 0. The van der Waals surface area contributed by atoms with E-state index in [1.54, 1.807) is 0 Å². The van der Waals surface area contributed by atoms with E-state index in [1.165, 1.54) is 11.1 Å². The first-order chi connectivity index (χ1) is 16.6. The van der Waals surface area contributed by atoms with Gasteiger partial charge in [-0.2, -0.15) is 0 Å². The fourth-order valence-electron chi connectivity index (χ4n) is 4.66. The highest BCUT2D eigenvalue weighted by Gasteiger charge is 2.48. The molecule has 186 valence electrons. The third-order valence-electron chi connectivity index (χ3n) is 6.61. The summed E-state index contributed by atoms with van der Waals surface area (Å²) in [6.07, 6.45) is 2.52. The standard InChI is InChI=1S/C28H38O6/c1-3-5-9-19-11-7-13-21(15-19)27-31-18-24-26(34-27)25(23(30)17-29)33-28(32-24)22-14-8-12-20(16-22)10-6-4-2/h7-8,11-16,23-30H,3-6,9-10,17-18H2,1-2H3/t23-,24+,25-,26-,27?,28?/m1/s1. The first-order valence-corrected chi connectivity index (χ1v) is 12.7. The molecule has 0 amide bonds. The molecule has 2 N–H and O–H groups in total. The Hall–Kier alpha value is -1.80. The Morgan fingerprint density at radius 3 is 2.06 bits per heavy atom. The molecule has 0 aromatic heterocycles. The van der Waals surface area contributed by atoms with Gasteiger partial charge in [0.25, 0.3) is 0 Å². The van der Waals surface area contributed by atoms with Crippen LogP contribution in [0.3, 0.4) is 0 Å². The smallest absolute Gasteiger partial charge is 0.184 e. The van der Waals surface area contributed by atoms with Crippen LogP contribution in [0.2, 0.25) is 0 Å². The average molecular weight is 471 g/mol. The van der Waals surface area contributed by atoms with Crippen molar-refractivity contribution in [2.45, 2.75) is 89.4 Å². The zero-order valence-electron chi connectivity index (χ0n) is 20.3. The van der Waals surface area contributed by atoms with Crippen LogP contribution in [-0.4, -0.2) is 47.8 Å². The highest BCUT2D eigenvalue weighted by Crippen LogP contribution is 2.39. The van der Waals surface area contributed by atoms with E-state index in [9.17, 15) is 10.2 Å². The number of benzene rings is 2. The second kappa shape index (κ2) is 12.2. The Morgan fingerprint density at radius 2 is 1.47 bits per heavy atom. The van der Waals surface area contributed by atoms with Gasteiger partial charge >= 0.3 is 0 Å². The summed E-state index contributed by atoms with van der Waals surface area (Å²) < 4.78 is 24.8. The van der Waals surface area contributed by atoms with Gasteiger partial charge < -0.3 is 29.2 Å². The summed E-state index contributed by atoms with van der Waals surface area (Å²) >= 11 is 0. The molecular formula is C28H38O6. The van der Waals surface area contributed by atoms with Crippen LogP contribution in [0.5, 0.6) is 0 Å². The van der Waals surface area contributed by atoms with E-state index in [-0.39, 0.29) is 0 Å². The summed E-state index contributed by atoms with van der Waals surface area (Å²) in [7, 11) is 0. The summed E-state index contributed by atoms with van der Waals surface area (Å²) in [4.78, 5) is 0. The monoisotopic (exact) mass is 470 g/mol. The number of aliphatic hydroxyl groups is 2. The quantitative estimate of drug-likeness (QED) is 0.528. The Labute approximate surface area is 202 Å². The third kappa shape index (κ3) is 6.06. The normalized spacial score (nSPS) is 27.8. The highest BCUT2D eigenvalue weighted by molar-refractivity contribution is 5.26. The topological polar surface area (TPSA) is 77.4 Å². The predicted molar refractivity (Wildman–Crippen MR) is 129 cm³/mol. The van der Waals surface area contributed by atoms with Crippen molar-refractivity contribution in [3.05, 3.63) is 70.8 Å². The lowest BCUT2D eigenvalue weighted by Gasteiger charge is -2.47. The molecule has 2 saturated heterocycles. The van der Waals surface area contributed by atoms with Gasteiger partial charge in [0.1, 0.15) is 24.4 Å². The molecule has 6 atom stereocenters. The Balaban J connectivity index is 1.50. The van der Waals surface area contributed by atoms with E-state index in [0.717, 1.165) is 49.7 Å². The molecule has 0 bridgehead atoms. The molecule has 2 heterocycles. The summed E-state index contributed by atoms with van der Waals surface area (Å²) in [5, 5.41) is 20.3. The van der Waals surface area contributed by atoms with Crippen molar-refractivity contribution in [2.24, 2.45) is 0 Å². The minimum absolute atomic E-state index is 0.318. The number of fused-ring (bicyclic) bond motifs is 1. The average Bonchev–Trinajstić information content (AvgIpc) is 2.89. The van der Waals surface area contributed by atoms with Crippen LogP contribution in [-0.2, 0) is 31.8 Å². The number of aliphatic hydroxyl groups excluding tert-OH is 2. The molecule has 34 heavy (non-hydrogen) atoms. The van der Waals surface area contributed by atoms with Crippen LogP contribution in [0.1, 0.15) is 74.4 Å². The maximum absolute atomic E-state index is 10.6. The molecule has 0 spiro atoms. The zero-order chi connectivity index (χ0) is 23.9. The van der Waals surface area contributed by atoms with Crippen molar-refractivity contribution in [1.29, 1.82) is 0 Å². The van der Waals surface area contributed by atoms with Gasteiger partial charge in [-0.05, 0) is 36.8 Å². The van der Waals surface area contributed by atoms with E-state index in [1.807, 2.05) is 24.3 Å². The van der Waals surface area contributed by atoms with E-state index in [4.69, 9.17) is 18.9 Å². The molecule has 6 nitrogen and oxygen atoms in total. The van der Waals surface area contributed by atoms with E-state index in [2.05, 4.69) is 38.1 Å². The van der Waals surface area contributed by atoms with Crippen molar-refractivity contribution < 1.29 is 29.2 Å². The van der Waals surface area contributed by atoms with Gasteiger partial charge in [-0.25, -0.2) is 0 Å². The largest absolute Gasteiger partial charge is 0.394 e. The molecule has 4 rings (SSSR count). The Kier molecular flexibility index (Phi) is 9.11. The number of aryl methyl sites for hydroxylation is 2. The van der Waals surface area contributed by atoms with Crippen molar-refractivity contribution in [3.63, 3.8) is 0 Å². The molecule has 2 unspecified atom stereocenters. The van der Waals surface area contributed by atoms with Gasteiger partial charge in [0.2, 0.25) is 0 Å². The van der Waals surface area contributed by atoms with Gasteiger partial charge in [0.15, 0.2) is 12.6 Å². The minimum Gasteiger partial charge on any atom is -0.394 e. The first-order valence-electron chi connectivity index (χ1n) is 12.7. The van der Waals surface area contributed by atoms with Crippen LogP contribution >= 0.6 is 0 Å². The van der Waals surface area contributed by atoms with Crippen molar-refractivity contribution in [1.82, 2.24) is 0 Å². The molecule has 6 heteroatoms. The molecular weight excluding hydrogens is 432 g/mol. The summed E-state index contributed by atoms with van der Waals surface area (Å²) in [6.45, 7) is 4.26. The minimum atomic E-state index is -1.09. The van der Waals surface area contributed by atoms with Crippen LogP contribution in [0.15, 0.2) is 48.5 Å². The van der Waals surface area contributed by atoms with Gasteiger partial charge in [0.05, 0.1) is 13.2 Å². The van der Waals surface area contributed by atoms with Crippen molar-refractivity contribution in [2.75, 3.05) is 13.2 Å². The SMILES string of the molecule is CCCCc1cccc(C2OC[C@@H]3OC(c4cccc(CCCC)c4)O[C@H]([C@H](O)CO)[C@@H]3O2)c1. The molecule has 2 fully saturated rings. The number of ether oxygens (including phenoxy) is 4. The van der Waals surface area contributed by atoms with Gasteiger partial charge in [-0.1, -0.05) is 75.2 Å². The van der Waals surface area contributed by atoms with Crippen LogP contribution < -0.4 is 0 Å². The summed E-state index contributed by atoms with van der Waals surface area (Å²) in [6, 6.07) is 16.4. The second-order valence-corrected chi connectivity index (χ2v) is 9.32. The number of unbranched alkanes of at least 4 members (excludes halogenated alkanes) is 2. The molecule has 2 aromatic carbocycles. The molecule has 2 aliphatic heterocycles. The lowest BCUT2D eigenvalue weighted by atomic mass is 9.98. The van der Waals surface area contributed by atoms with Gasteiger partial charge in [-0.15, -0.1) is 0 Å². The molecule has 2 aromatic rings. The van der Waals surface area contributed by atoms with Crippen LogP contribution in [0.25, 0.3) is 0 Å². The lowest BCUT2D eigenvalue weighted by Crippen LogP contribution is -2.58. The predicted octanol–water partition coefficient (Wildman–Crippen LogP) is 4.62. The van der Waals surface area contributed by atoms with Crippen LogP contribution in [0.4, 0.5) is 0 Å². The fourth-order valence-corrected chi connectivity index (χ4v) is 4.66. The summed E-state index contributed by atoms with van der Waals surface area (Å²) in [5.41, 5.74) is 4.31. The third-order valence-corrected chi connectivity index (χ3v) is 6.61. The van der Waals surface area contributed by atoms with Crippen molar-refractivity contribution in [3.8, 4) is 0 Å². The maximum atomic E-state index is 10.6. The van der Waals surface area contributed by atoms with Gasteiger partial charge in [0, 0.05) is 11.1 Å². The molecule has 0 aliphatic carbocycles. The van der Waals surface area contributed by atoms with E-state index in [0.29, 0.717) is 6.61 Å². The Bertz CT molecular complexity index is 900. The first kappa shape index (κ1) is 25.3. The number of hydrogen-bond acceptors (Lipinski definition) is 6. The van der Waals surface area contributed by atoms with Crippen LogP contribution in [0, 0.1) is 0 Å². The van der Waals surface area contributed by atoms with E-state index < -0.39 is 43.6 Å². The van der Waals surface area contributed by atoms with Crippen molar-refractivity contribution >= 4 is 0 Å². The number of hydrogen-bond donors (Lipinski definition) is 2. The number of rotatable bonds is 10. The Morgan fingerprint density at radius 1 is 0.853 bits per heavy atom.